The van der Waals surface area contributed by atoms with Crippen LogP contribution in [0.3, 0.4) is 0 Å². The number of hydrogen-bond acceptors (Lipinski definition) is 4. The maximum Gasteiger partial charge on any atom is 0.321 e. The molecule has 2 aromatic rings. The van der Waals surface area contributed by atoms with Gasteiger partial charge in [-0.3, -0.25) is 4.90 Å². The lowest BCUT2D eigenvalue weighted by Gasteiger charge is -2.40. The highest BCUT2D eigenvalue weighted by Crippen LogP contribution is 2.28. The van der Waals surface area contributed by atoms with E-state index >= 15 is 0 Å². The Morgan fingerprint density at radius 2 is 2.00 bits per heavy atom. The molecule has 2 amide bonds. The Bertz CT molecular complexity index is 768. The second-order valence-corrected chi connectivity index (χ2v) is 7.94. The fourth-order valence-electron chi connectivity index (χ4n) is 3.96. The average Bonchev–Trinajstić information content (AvgIpc) is 3.16. The normalized spacial score (nSPS) is 18.4. The molecule has 1 fully saturated rings. The van der Waals surface area contributed by atoms with Crippen LogP contribution in [0.2, 0.25) is 0 Å². The van der Waals surface area contributed by atoms with E-state index in [0.29, 0.717) is 11.8 Å². The van der Waals surface area contributed by atoms with Crippen LogP contribution in [0.4, 0.5) is 10.5 Å². The first-order chi connectivity index (χ1) is 12.7. The van der Waals surface area contributed by atoms with Crippen molar-refractivity contribution in [2.75, 3.05) is 32.1 Å². The quantitative estimate of drug-likeness (QED) is 0.892. The van der Waals surface area contributed by atoms with Crippen molar-refractivity contribution in [2.24, 2.45) is 0 Å². The number of thiophene rings is 1. The van der Waals surface area contributed by atoms with Gasteiger partial charge in [0.15, 0.2) is 0 Å². The van der Waals surface area contributed by atoms with Gasteiger partial charge >= 0.3 is 6.03 Å². The van der Waals surface area contributed by atoms with Gasteiger partial charge in [-0.15, -0.1) is 11.3 Å². The molecule has 5 nitrogen and oxygen atoms in total. The number of piperidine rings is 1. The number of para-hydroxylation sites is 2. The summed E-state index contributed by atoms with van der Waals surface area (Å²) in [5, 5.41) is 5.19. The van der Waals surface area contributed by atoms with Crippen molar-refractivity contribution in [3.63, 3.8) is 0 Å². The van der Waals surface area contributed by atoms with Crippen LogP contribution in [-0.2, 0) is 13.0 Å². The minimum absolute atomic E-state index is 0.0354. The zero-order chi connectivity index (χ0) is 17.9. The van der Waals surface area contributed by atoms with E-state index in [2.05, 4.69) is 21.7 Å². The molecule has 0 atom stereocenters. The fourth-order valence-corrected chi connectivity index (χ4v) is 4.85. The molecule has 2 aliphatic rings. The maximum absolute atomic E-state index is 12.6. The number of amides is 2. The first-order valence-corrected chi connectivity index (χ1v) is 10.1. The van der Waals surface area contributed by atoms with Crippen molar-refractivity contribution in [2.45, 2.75) is 31.8 Å². The van der Waals surface area contributed by atoms with Gasteiger partial charge in [0.25, 0.3) is 0 Å². The highest BCUT2D eigenvalue weighted by molar-refractivity contribution is 7.10. The Kier molecular flexibility index (Phi) is 5.13. The molecule has 0 radical (unpaired) electrons. The van der Waals surface area contributed by atoms with E-state index in [1.165, 1.54) is 12.0 Å². The van der Waals surface area contributed by atoms with E-state index < -0.39 is 0 Å². The van der Waals surface area contributed by atoms with Crippen LogP contribution in [0.15, 0.2) is 35.7 Å². The summed E-state index contributed by atoms with van der Waals surface area (Å²) < 4.78 is 5.31. The van der Waals surface area contributed by atoms with Gasteiger partial charge in [-0.25, -0.2) is 4.79 Å². The van der Waals surface area contributed by atoms with Crippen LogP contribution < -0.4 is 10.1 Å². The summed E-state index contributed by atoms with van der Waals surface area (Å²) in [6, 6.07) is 10.3. The molecule has 3 heterocycles. The molecule has 4 rings (SSSR count). The number of nitrogens with one attached hydrogen (secondary N) is 1. The second kappa shape index (κ2) is 7.68. The Morgan fingerprint density at radius 1 is 1.19 bits per heavy atom. The van der Waals surface area contributed by atoms with Gasteiger partial charge in [0.05, 0.1) is 12.8 Å². The zero-order valence-corrected chi connectivity index (χ0v) is 15.9. The fraction of sp³-hybridized carbons (Fsp3) is 0.450. The van der Waals surface area contributed by atoms with Crippen LogP contribution in [0.1, 0.15) is 23.3 Å². The number of rotatable bonds is 3. The zero-order valence-electron chi connectivity index (χ0n) is 15.1. The molecule has 26 heavy (non-hydrogen) atoms. The smallest absolute Gasteiger partial charge is 0.321 e. The van der Waals surface area contributed by atoms with Crippen LogP contribution in [0.25, 0.3) is 0 Å². The molecule has 6 heteroatoms. The van der Waals surface area contributed by atoms with Crippen molar-refractivity contribution in [3.05, 3.63) is 46.2 Å². The standard InChI is InChI=1S/C20H25N3O2S/c1-25-18-5-3-2-4-17(18)21-20(24)22-10-6-16(7-11-22)23-12-8-19-15(14-23)9-13-26-19/h2-5,9,13,16H,6-8,10-12,14H2,1H3,(H,21,24). The number of hydrogen-bond donors (Lipinski definition) is 1. The molecule has 1 saturated heterocycles. The Hall–Kier alpha value is -2.05. The largest absolute Gasteiger partial charge is 0.495 e. The summed E-state index contributed by atoms with van der Waals surface area (Å²) in [5.41, 5.74) is 2.22. The van der Waals surface area contributed by atoms with E-state index in [9.17, 15) is 4.79 Å². The molecule has 0 unspecified atom stereocenters. The number of urea groups is 1. The minimum Gasteiger partial charge on any atom is -0.495 e. The molecule has 1 N–H and O–H groups in total. The first-order valence-electron chi connectivity index (χ1n) is 9.23. The summed E-state index contributed by atoms with van der Waals surface area (Å²) in [5.74, 6) is 0.690. The number of anilines is 1. The number of fused-ring (bicyclic) bond motifs is 1. The number of ether oxygens (including phenoxy) is 1. The van der Waals surface area contributed by atoms with Gasteiger partial charge in [-0.05, 0) is 48.4 Å². The molecular formula is C20H25N3O2S. The van der Waals surface area contributed by atoms with E-state index in [-0.39, 0.29) is 6.03 Å². The highest BCUT2D eigenvalue weighted by atomic mass is 32.1. The van der Waals surface area contributed by atoms with Gasteiger partial charge < -0.3 is 15.0 Å². The Balaban J connectivity index is 1.31. The molecule has 2 aliphatic heterocycles. The van der Waals surface area contributed by atoms with Crippen LogP contribution in [0.5, 0.6) is 5.75 Å². The lowest BCUT2D eigenvalue weighted by atomic mass is 10.00. The maximum atomic E-state index is 12.6. The van der Waals surface area contributed by atoms with Gasteiger partial charge in [0, 0.05) is 37.1 Å². The van der Waals surface area contributed by atoms with E-state index in [1.807, 2.05) is 40.5 Å². The molecule has 0 bridgehead atoms. The summed E-state index contributed by atoms with van der Waals surface area (Å²) >= 11 is 1.88. The predicted molar refractivity (Wildman–Crippen MR) is 105 cm³/mol. The molecule has 1 aromatic heterocycles. The van der Waals surface area contributed by atoms with Gasteiger partial charge in [0.1, 0.15) is 5.75 Å². The Morgan fingerprint density at radius 3 is 2.81 bits per heavy atom. The van der Waals surface area contributed by atoms with Crippen LogP contribution in [-0.4, -0.2) is 48.6 Å². The van der Waals surface area contributed by atoms with Crippen molar-refractivity contribution in [1.29, 1.82) is 0 Å². The summed E-state index contributed by atoms with van der Waals surface area (Å²) in [6.45, 7) is 3.82. The van der Waals surface area contributed by atoms with E-state index in [1.54, 1.807) is 12.0 Å². The van der Waals surface area contributed by atoms with Gasteiger partial charge in [-0.2, -0.15) is 0 Å². The summed E-state index contributed by atoms with van der Waals surface area (Å²) in [4.78, 5) is 18.7. The average molecular weight is 372 g/mol. The number of benzene rings is 1. The number of carbonyl (C=O) groups excluding carboxylic acids is 1. The third kappa shape index (κ3) is 3.57. The van der Waals surface area contributed by atoms with E-state index in [4.69, 9.17) is 4.74 Å². The van der Waals surface area contributed by atoms with Crippen molar-refractivity contribution in [3.8, 4) is 5.75 Å². The highest BCUT2D eigenvalue weighted by Gasteiger charge is 2.29. The third-order valence-corrected chi connectivity index (χ3v) is 6.48. The van der Waals surface area contributed by atoms with Gasteiger partial charge in [0.2, 0.25) is 0 Å². The van der Waals surface area contributed by atoms with Crippen molar-refractivity contribution >= 4 is 23.1 Å². The number of nitrogens with zero attached hydrogens (tertiary/aromatic N) is 2. The van der Waals surface area contributed by atoms with Crippen molar-refractivity contribution in [1.82, 2.24) is 9.80 Å². The SMILES string of the molecule is COc1ccccc1NC(=O)N1CCC(N2CCc3sccc3C2)CC1. The van der Waals surface area contributed by atoms with Crippen LogP contribution >= 0.6 is 11.3 Å². The molecule has 0 saturated carbocycles. The van der Waals surface area contributed by atoms with Gasteiger partial charge in [-0.1, -0.05) is 12.1 Å². The monoisotopic (exact) mass is 371 g/mol. The molecule has 0 spiro atoms. The molecular weight excluding hydrogens is 346 g/mol. The number of methoxy groups -OCH3 is 1. The molecule has 1 aromatic carbocycles. The molecule has 0 aliphatic carbocycles. The van der Waals surface area contributed by atoms with Crippen LogP contribution in [0, 0.1) is 0 Å². The number of likely N-dealkylation sites (tertiary alicyclic amines) is 1. The summed E-state index contributed by atoms with van der Waals surface area (Å²) in [6.07, 6.45) is 3.25. The van der Waals surface area contributed by atoms with E-state index in [0.717, 1.165) is 44.7 Å². The molecule has 138 valence electrons. The van der Waals surface area contributed by atoms with Crippen molar-refractivity contribution < 1.29 is 9.53 Å². The first kappa shape index (κ1) is 17.4. The predicted octanol–water partition coefficient (Wildman–Crippen LogP) is 3.81. The Labute approximate surface area is 158 Å². The third-order valence-electron chi connectivity index (χ3n) is 5.45. The second-order valence-electron chi connectivity index (χ2n) is 6.94. The lowest BCUT2D eigenvalue weighted by Crippen LogP contribution is -2.48. The lowest BCUT2D eigenvalue weighted by molar-refractivity contribution is 0.111. The minimum atomic E-state index is -0.0354. The number of carbonyl (C=O) groups is 1. The topological polar surface area (TPSA) is 44.8 Å². The summed E-state index contributed by atoms with van der Waals surface area (Å²) in [7, 11) is 1.62.